The van der Waals surface area contributed by atoms with E-state index in [2.05, 4.69) is 31.8 Å². The maximum atomic E-state index is 12.3. The fourth-order valence-corrected chi connectivity index (χ4v) is 3.34. The number of anilines is 2. The van der Waals surface area contributed by atoms with E-state index >= 15 is 0 Å². The number of nitrogens with one attached hydrogen (secondary N) is 2. The van der Waals surface area contributed by atoms with E-state index in [0.29, 0.717) is 17.2 Å². The summed E-state index contributed by atoms with van der Waals surface area (Å²) in [5.74, 6) is 0.734. The molecule has 6 nitrogen and oxygen atoms in total. The van der Waals surface area contributed by atoms with Crippen LogP contribution in [0.4, 0.5) is 11.4 Å². The van der Waals surface area contributed by atoms with Crippen LogP contribution in [-0.4, -0.2) is 25.8 Å². The molecule has 0 fully saturated rings. The second-order valence-electron chi connectivity index (χ2n) is 6.90. The zero-order valence-electron chi connectivity index (χ0n) is 17.6. The highest BCUT2D eigenvalue weighted by Crippen LogP contribution is 2.28. The lowest BCUT2D eigenvalue weighted by atomic mass is 10.1. The molecule has 0 unspecified atom stereocenters. The predicted molar refractivity (Wildman–Crippen MR) is 128 cm³/mol. The molecule has 3 aromatic carbocycles. The predicted octanol–water partition coefficient (Wildman–Crippen LogP) is 5.54. The molecule has 0 aliphatic heterocycles. The van der Waals surface area contributed by atoms with E-state index in [1.165, 1.54) is 0 Å². The minimum Gasteiger partial charge on any atom is -0.493 e. The Kier molecular flexibility index (Phi) is 7.67. The first-order chi connectivity index (χ1) is 15.0. The summed E-state index contributed by atoms with van der Waals surface area (Å²) in [4.78, 5) is 12.3. The summed E-state index contributed by atoms with van der Waals surface area (Å²) in [6.45, 7) is 3.88. The molecular weight excluding hydrogens is 458 g/mol. The van der Waals surface area contributed by atoms with Gasteiger partial charge >= 0.3 is 0 Å². The molecule has 0 spiro atoms. The number of amides is 1. The molecule has 0 saturated carbocycles. The summed E-state index contributed by atoms with van der Waals surface area (Å²) in [5.41, 5.74) is 7.64. The molecule has 2 N–H and O–H groups in total. The van der Waals surface area contributed by atoms with Crippen molar-refractivity contribution in [2.24, 2.45) is 5.10 Å². The third kappa shape index (κ3) is 6.33. The van der Waals surface area contributed by atoms with E-state index < -0.39 is 0 Å². The van der Waals surface area contributed by atoms with Gasteiger partial charge in [-0.2, -0.15) is 5.10 Å². The number of hydrogen-bond acceptors (Lipinski definition) is 5. The molecule has 0 bridgehead atoms. The summed E-state index contributed by atoms with van der Waals surface area (Å²) < 4.78 is 11.9. The lowest BCUT2D eigenvalue weighted by Crippen LogP contribution is -2.20. The van der Waals surface area contributed by atoms with Crippen LogP contribution in [0.5, 0.6) is 11.5 Å². The Morgan fingerprint density at radius 3 is 2.52 bits per heavy atom. The Morgan fingerprint density at radius 2 is 1.77 bits per heavy atom. The van der Waals surface area contributed by atoms with Gasteiger partial charge in [-0.1, -0.05) is 18.2 Å². The maximum absolute atomic E-state index is 12.3. The zero-order valence-corrected chi connectivity index (χ0v) is 19.2. The van der Waals surface area contributed by atoms with Crippen molar-refractivity contribution in [1.82, 2.24) is 0 Å². The summed E-state index contributed by atoms with van der Waals surface area (Å²) in [6.07, 6.45) is 1.68. The van der Waals surface area contributed by atoms with E-state index in [1.807, 2.05) is 62.4 Å². The number of halogens is 1. The van der Waals surface area contributed by atoms with Crippen molar-refractivity contribution in [2.75, 3.05) is 24.5 Å². The van der Waals surface area contributed by atoms with Gasteiger partial charge in [-0.3, -0.25) is 10.2 Å². The smallest absolute Gasteiger partial charge is 0.262 e. The lowest BCUT2D eigenvalue weighted by Gasteiger charge is -2.13. The van der Waals surface area contributed by atoms with Gasteiger partial charge in [-0.05, 0) is 88.9 Å². The number of carbonyl (C=O) groups excluding carboxylic acids is 1. The molecule has 3 aromatic rings. The number of hydrazone groups is 1. The van der Waals surface area contributed by atoms with Crippen molar-refractivity contribution in [3.8, 4) is 11.5 Å². The number of aryl methyl sites for hydroxylation is 2. The molecule has 31 heavy (non-hydrogen) atoms. The Balaban J connectivity index is 1.60. The lowest BCUT2D eigenvalue weighted by molar-refractivity contribution is -0.118. The number of carbonyl (C=O) groups is 1. The number of benzene rings is 3. The van der Waals surface area contributed by atoms with Crippen LogP contribution in [0.15, 0.2) is 70.2 Å². The maximum Gasteiger partial charge on any atom is 0.262 e. The topological polar surface area (TPSA) is 71.9 Å². The molecule has 7 heteroatoms. The third-order valence-corrected chi connectivity index (χ3v) is 5.24. The number of ether oxygens (including phenoxy) is 2. The van der Waals surface area contributed by atoms with Gasteiger partial charge in [0.2, 0.25) is 0 Å². The first kappa shape index (κ1) is 22.4. The minimum absolute atomic E-state index is 0.140. The summed E-state index contributed by atoms with van der Waals surface area (Å²) in [7, 11) is 1.55. The van der Waals surface area contributed by atoms with Gasteiger partial charge in [0.05, 0.1) is 24.7 Å². The average Bonchev–Trinajstić information content (AvgIpc) is 2.77. The Hall–Kier alpha value is -3.32. The van der Waals surface area contributed by atoms with Crippen LogP contribution in [-0.2, 0) is 4.79 Å². The first-order valence-corrected chi connectivity index (χ1v) is 10.5. The van der Waals surface area contributed by atoms with E-state index in [1.54, 1.807) is 25.5 Å². The van der Waals surface area contributed by atoms with Crippen molar-refractivity contribution < 1.29 is 14.3 Å². The Labute approximate surface area is 190 Å². The molecular formula is C24H24BrN3O3. The molecule has 1 amide bonds. The molecule has 0 aromatic heterocycles. The van der Waals surface area contributed by atoms with Gasteiger partial charge < -0.3 is 14.8 Å². The van der Waals surface area contributed by atoms with Crippen molar-refractivity contribution in [3.63, 3.8) is 0 Å². The highest BCUT2D eigenvalue weighted by atomic mass is 79.9. The van der Waals surface area contributed by atoms with Gasteiger partial charge in [0, 0.05) is 4.47 Å². The van der Waals surface area contributed by atoms with Crippen LogP contribution >= 0.6 is 15.9 Å². The number of hydrogen-bond donors (Lipinski definition) is 2. The minimum atomic E-state index is -0.260. The van der Waals surface area contributed by atoms with Crippen molar-refractivity contribution in [3.05, 3.63) is 81.8 Å². The monoisotopic (exact) mass is 481 g/mol. The number of para-hydroxylation sites is 1. The normalized spacial score (nSPS) is 10.7. The van der Waals surface area contributed by atoms with Gasteiger partial charge in [-0.15, -0.1) is 0 Å². The fourth-order valence-electron chi connectivity index (χ4n) is 2.78. The van der Waals surface area contributed by atoms with E-state index in [0.717, 1.165) is 26.9 Å². The summed E-state index contributed by atoms with van der Waals surface area (Å²) in [6, 6.07) is 18.9. The number of rotatable bonds is 8. The van der Waals surface area contributed by atoms with Crippen LogP contribution in [0.25, 0.3) is 0 Å². The Bertz CT molecular complexity index is 1080. The highest BCUT2D eigenvalue weighted by Gasteiger charge is 2.11. The van der Waals surface area contributed by atoms with Gasteiger partial charge in [0.25, 0.3) is 5.91 Å². The molecule has 160 valence electrons. The van der Waals surface area contributed by atoms with E-state index in [4.69, 9.17) is 9.47 Å². The number of nitrogens with zero attached hydrogens (tertiary/aromatic N) is 1. The zero-order chi connectivity index (χ0) is 22.2. The second-order valence-corrected chi connectivity index (χ2v) is 7.75. The van der Waals surface area contributed by atoms with Crippen LogP contribution < -0.4 is 20.2 Å². The second kappa shape index (κ2) is 10.6. The van der Waals surface area contributed by atoms with Crippen molar-refractivity contribution in [2.45, 2.75) is 13.8 Å². The van der Waals surface area contributed by atoms with Gasteiger partial charge in [0.15, 0.2) is 18.1 Å². The first-order valence-electron chi connectivity index (χ1n) is 9.68. The molecule has 0 aliphatic rings. The van der Waals surface area contributed by atoms with Gasteiger partial charge in [0.1, 0.15) is 0 Å². The molecule has 0 saturated heterocycles. The largest absolute Gasteiger partial charge is 0.493 e. The Morgan fingerprint density at radius 1 is 1.03 bits per heavy atom. The summed E-state index contributed by atoms with van der Waals surface area (Å²) in [5, 5.41) is 7.08. The van der Waals surface area contributed by atoms with E-state index in [9.17, 15) is 4.79 Å². The molecule has 0 aliphatic carbocycles. The van der Waals surface area contributed by atoms with Crippen molar-refractivity contribution in [1.29, 1.82) is 0 Å². The third-order valence-electron chi connectivity index (χ3n) is 4.58. The quantitative estimate of drug-likeness (QED) is 0.327. The molecule has 0 heterocycles. The average molecular weight is 482 g/mol. The van der Waals surface area contributed by atoms with Crippen LogP contribution in [0, 0.1) is 13.8 Å². The number of methoxy groups -OCH3 is 1. The molecule has 0 atom stereocenters. The molecule has 3 rings (SSSR count). The van der Waals surface area contributed by atoms with Crippen LogP contribution in [0.2, 0.25) is 0 Å². The van der Waals surface area contributed by atoms with Crippen LogP contribution in [0.1, 0.15) is 16.7 Å². The SMILES string of the molecule is COc1cc(/C=N\Nc2ccccc2)ccc1OCC(=O)Nc1cc(C)c(C)cc1Br. The standard InChI is InChI=1S/C24H24BrN3O3/c1-16-11-20(25)21(12-17(16)2)27-24(29)15-31-22-10-9-18(13-23(22)30-3)14-26-28-19-7-5-4-6-8-19/h4-14,28H,15H2,1-3H3,(H,27,29)/b26-14-. The van der Waals surface area contributed by atoms with Crippen LogP contribution in [0.3, 0.4) is 0 Å². The van der Waals surface area contributed by atoms with Crippen molar-refractivity contribution >= 4 is 39.4 Å². The van der Waals surface area contributed by atoms with E-state index in [-0.39, 0.29) is 12.5 Å². The highest BCUT2D eigenvalue weighted by molar-refractivity contribution is 9.10. The fraction of sp³-hybridized carbons (Fsp3) is 0.167. The molecule has 0 radical (unpaired) electrons. The summed E-state index contributed by atoms with van der Waals surface area (Å²) >= 11 is 3.48. The van der Waals surface area contributed by atoms with Gasteiger partial charge in [-0.25, -0.2) is 0 Å².